The van der Waals surface area contributed by atoms with Crippen LogP contribution in [-0.2, 0) is 19.1 Å². The lowest BCUT2D eigenvalue weighted by Gasteiger charge is -2.54. The van der Waals surface area contributed by atoms with Crippen LogP contribution >= 0.6 is 0 Å². The van der Waals surface area contributed by atoms with Gasteiger partial charge in [0.25, 0.3) is 0 Å². The Kier molecular flexibility index (Phi) is 3.39. The van der Waals surface area contributed by atoms with Crippen LogP contribution in [0.5, 0.6) is 0 Å². The molecule has 2 fully saturated rings. The van der Waals surface area contributed by atoms with Crippen LogP contribution in [0.3, 0.4) is 0 Å². The van der Waals surface area contributed by atoms with Crippen LogP contribution in [0, 0.1) is 5.92 Å². The van der Waals surface area contributed by atoms with E-state index in [9.17, 15) is 9.59 Å². The third kappa shape index (κ3) is 2.49. The van der Waals surface area contributed by atoms with Gasteiger partial charge >= 0.3 is 0 Å². The van der Waals surface area contributed by atoms with E-state index in [0.717, 1.165) is 0 Å². The van der Waals surface area contributed by atoms with E-state index in [2.05, 4.69) is 19.6 Å². The Morgan fingerprint density at radius 2 is 1.95 bits per heavy atom. The molecule has 2 heterocycles. The van der Waals surface area contributed by atoms with Gasteiger partial charge in [-0.05, 0) is 20.8 Å². The minimum atomic E-state index is -1.81. The molecule has 2 aliphatic rings. The average molecular weight is 285 g/mol. The zero-order valence-corrected chi connectivity index (χ0v) is 13.5. The molecule has 0 radical (unpaired) electrons. The maximum Gasteiger partial charge on any atom is 0.227 e. The van der Waals surface area contributed by atoms with E-state index in [1.807, 2.05) is 18.4 Å². The minimum Gasteiger partial charge on any atom is -0.363 e. The largest absolute Gasteiger partial charge is 0.363 e. The van der Waals surface area contributed by atoms with Crippen molar-refractivity contribution < 1.29 is 19.1 Å². The zero-order chi connectivity index (χ0) is 14.6. The van der Waals surface area contributed by atoms with Gasteiger partial charge < -0.3 is 14.0 Å². The molecule has 2 saturated heterocycles. The number of rotatable bonds is 3. The maximum absolute atomic E-state index is 12.2. The highest BCUT2D eigenvalue weighted by Gasteiger charge is 2.59. The number of amides is 1. The summed E-state index contributed by atoms with van der Waals surface area (Å²) in [5, 5.41) is 0. The molecule has 0 aliphatic carbocycles. The van der Waals surface area contributed by atoms with E-state index < -0.39 is 19.9 Å². The monoisotopic (exact) mass is 285 g/mol. The van der Waals surface area contributed by atoms with E-state index >= 15 is 0 Å². The van der Waals surface area contributed by atoms with Crippen LogP contribution in [0.25, 0.3) is 0 Å². The third-order valence-corrected chi connectivity index (χ3v) is 5.68. The smallest absolute Gasteiger partial charge is 0.227 e. The molecule has 0 N–H and O–H groups in total. The molecular formula is C13H23NO4Si. The van der Waals surface area contributed by atoms with Gasteiger partial charge in [-0.3, -0.25) is 9.59 Å². The highest BCUT2D eigenvalue weighted by molar-refractivity contribution is 6.76. The summed E-state index contributed by atoms with van der Waals surface area (Å²) in [7, 11) is -1.81. The van der Waals surface area contributed by atoms with E-state index in [1.54, 1.807) is 0 Å². The summed E-state index contributed by atoms with van der Waals surface area (Å²) in [6.45, 7) is 12.0. The van der Waals surface area contributed by atoms with Crippen molar-refractivity contribution in [3.05, 3.63) is 0 Å². The molecule has 1 amide bonds. The number of hydrogen-bond donors (Lipinski definition) is 0. The van der Waals surface area contributed by atoms with Crippen molar-refractivity contribution >= 4 is 19.9 Å². The average Bonchev–Trinajstić information content (AvgIpc) is 2.51. The lowest BCUT2D eigenvalue weighted by atomic mass is 9.83. The highest BCUT2D eigenvalue weighted by atomic mass is 28.3. The molecule has 5 nitrogen and oxygen atoms in total. The first-order valence-electron chi connectivity index (χ1n) is 6.70. The predicted molar refractivity (Wildman–Crippen MR) is 73.1 cm³/mol. The Morgan fingerprint density at radius 1 is 1.37 bits per heavy atom. The molecule has 0 spiro atoms. The maximum atomic E-state index is 12.2. The van der Waals surface area contributed by atoms with Crippen LogP contribution in [0.2, 0.25) is 19.6 Å². The molecule has 19 heavy (non-hydrogen) atoms. The number of carbonyl (C=O) groups is 2. The number of ketones is 1. The van der Waals surface area contributed by atoms with Crippen molar-refractivity contribution in [3.63, 3.8) is 0 Å². The number of Topliss-reactive ketones (excluding diaryl/α,β-unsaturated/α-hetero) is 1. The van der Waals surface area contributed by atoms with E-state index in [4.69, 9.17) is 9.47 Å². The molecule has 3 atom stereocenters. The molecule has 0 aromatic heterocycles. The first-order chi connectivity index (χ1) is 8.54. The van der Waals surface area contributed by atoms with Crippen LogP contribution in [0.4, 0.5) is 0 Å². The van der Waals surface area contributed by atoms with Crippen LogP contribution in [0.15, 0.2) is 0 Å². The van der Waals surface area contributed by atoms with Crippen molar-refractivity contribution in [2.45, 2.75) is 58.3 Å². The number of nitrogens with zero attached hydrogens (tertiary/aromatic N) is 1. The van der Waals surface area contributed by atoms with Gasteiger partial charge in [-0.1, -0.05) is 19.6 Å². The molecule has 0 aromatic carbocycles. The van der Waals surface area contributed by atoms with Crippen LogP contribution < -0.4 is 0 Å². The Hall–Kier alpha value is -0.723. The standard InChI is InChI=1S/C13H23NO4Si/c1-8(15)10-11(9-7-17-13(2,3)18-9)14(12(10)16)19(4,5)6/h9-11H,7H2,1-6H3/t9-,10-,11-/m1/s1. The molecule has 6 heteroatoms. The van der Waals surface area contributed by atoms with E-state index in [1.165, 1.54) is 6.92 Å². The summed E-state index contributed by atoms with van der Waals surface area (Å²) < 4.78 is 13.3. The highest BCUT2D eigenvalue weighted by Crippen LogP contribution is 2.39. The normalized spacial score (nSPS) is 34.3. The first kappa shape index (κ1) is 14.7. The van der Waals surface area contributed by atoms with Crippen LogP contribution in [0.1, 0.15) is 20.8 Å². The van der Waals surface area contributed by atoms with E-state index in [0.29, 0.717) is 6.61 Å². The summed E-state index contributed by atoms with van der Waals surface area (Å²) >= 11 is 0. The molecular weight excluding hydrogens is 262 g/mol. The van der Waals surface area contributed by atoms with Crippen molar-refractivity contribution in [3.8, 4) is 0 Å². The molecule has 0 saturated carbocycles. The fraction of sp³-hybridized carbons (Fsp3) is 0.846. The van der Waals surface area contributed by atoms with Crippen molar-refractivity contribution in [1.29, 1.82) is 0 Å². The van der Waals surface area contributed by atoms with Gasteiger partial charge in [-0.2, -0.15) is 0 Å². The predicted octanol–water partition coefficient (Wildman–Crippen LogP) is 1.39. The number of carbonyl (C=O) groups excluding carboxylic acids is 2. The molecule has 0 bridgehead atoms. The van der Waals surface area contributed by atoms with Gasteiger partial charge in [0.05, 0.1) is 12.6 Å². The summed E-state index contributed by atoms with van der Waals surface area (Å²) in [6, 6.07) is -0.154. The van der Waals surface area contributed by atoms with Gasteiger partial charge in [0.2, 0.25) is 5.91 Å². The fourth-order valence-corrected chi connectivity index (χ4v) is 4.98. The molecule has 2 rings (SSSR count). The second kappa shape index (κ2) is 4.39. The van der Waals surface area contributed by atoms with Gasteiger partial charge in [0, 0.05) is 0 Å². The SMILES string of the molecule is CC(=O)[C@H]1C(=O)N([Si](C)(C)C)[C@@H]1[C@H]1COC(C)(C)O1. The Bertz CT molecular complexity index is 415. The number of ether oxygens (including phenoxy) is 2. The van der Waals surface area contributed by atoms with Crippen LogP contribution in [-0.4, -0.2) is 49.0 Å². The molecule has 2 aliphatic heterocycles. The van der Waals surface area contributed by atoms with Gasteiger partial charge in [-0.25, -0.2) is 0 Å². The minimum absolute atomic E-state index is 0.0371. The Balaban J connectivity index is 2.24. The lowest BCUT2D eigenvalue weighted by Crippen LogP contribution is -2.74. The summed E-state index contributed by atoms with van der Waals surface area (Å²) in [4.78, 5) is 23.9. The molecule has 0 aromatic rings. The lowest BCUT2D eigenvalue weighted by molar-refractivity contribution is -0.172. The van der Waals surface area contributed by atoms with Gasteiger partial charge in [-0.15, -0.1) is 0 Å². The quantitative estimate of drug-likeness (QED) is 0.447. The fourth-order valence-electron chi connectivity index (χ4n) is 2.97. The second-order valence-electron chi connectivity index (χ2n) is 6.83. The topological polar surface area (TPSA) is 55.8 Å². The third-order valence-electron chi connectivity index (χ3n) is 3.72. The number of β-lactam (4-membered cyclic amide) rings is 1. The summed E-state index contributed by atoms with van der Waals surface area (Å²) in [5.41, 5.74) is 0. The van der Waals surface area contributed by atoms with Crippen molar-refractivity contribution in [2.24, 2.45) is 5.92 Å². The summed E-state index contributed by atoms with van der Waals surface area (Å²) in [6.07, 6.45) is -0.201. The molecule has 108 valence electrons. The van der Waals surface area contributed by atoms with Crippen molar-refractivity contribution in [1.82, 2.24) is 4.57 Å². The van der Waals surface area contributed by atoms with Crippen molar-refractivity contribution in [2.75, 3.05) is 6.61 Å². The first-order valence-corrected chi connectivity index (χ1v) is 10.1. The summed E-state index contributed by atoms with van der Waals surface area (Å²) in [5.74, 6) is -1.28. The zero-order valence-electron chi connectivity index (χ0n) is 12.5. The van der Waals surface area contributed by atoms with E-state index in [-0.39, 0.29) is 23.8 Å². The Morgan fingerprint density at radius 3 is 2.32 bits per heavy atom. The Labute approximate surface area is 115 Å². The molecule has 0 unspecified atom stereocenters. The van der Waals surface area contributed by atoms with Gasteiger partial charge in [0.15, 0.2) is 14.0 Å². The second-order valence-corrected chi connectivity index (χ2v) is 11.6. The van der Waals surface area contributed by atoms with Gasteiger partial charge in [0.1, 0.15) is 17.8 Å². The number of hydrogen-bond acceptors (Lipinski definition) is 4.